The van der Waals surface area contributed by atoms with Crippen LogP contribution in [0.15, 0.2) is 30.3 Å². The molecule has 14 heavy (non-hydrogen) atoms. The Hall–Kier alpha value is -1.97. The van der Waals surface area contributed by atoms with Crippen molar-refractivity contribution < 1.29 is 10.3 Å². The van der Waals surface area contributed by atoms with Crippen LogP contribution in [0.5, 0.6) is 5.75 Å². The predicted octanol–water partition coefficient (Wildman–Crippen LogP) is 1.80. The molecule has 2 N–H and O–H groups in total. The third-order valence-corrected chi connectivity index (χ3v) is 2.04. The molecule has 1 aromatic carbocycles. The van der Waals surface area contributed by atoms with Crippen molar-refractivity contribution in [3.05, 3.63) is 36.0 Å². The molecule has 0 fully saturated rings. The summed E-state index contributed by atoms with van der Waals surface area (Å²) in [5.41, 5.74) is 1.80. The lowest BCUT2D eigenvalue weighted by Gasteiger charge is -1.98. The molecule has 4 heteroatoms. The number of aryl methyl sites for hydroxylation is 1. The van der Waals surface area contributed by atoms with Gasteiger partial charge >= 0.3 is 0 Å². The zero-order chi connectivity index (χ0) is 10.1. The molecule has 0 spiro atoms. The molecule has 1 heterocycles. The molecule has 0 radical (unpaired) electrons. The SMILES string of the molecule is Cc1cc(-c2ccccc2O)nn1O. The molecule has 0 aliphatic carbocycles. The smallest absolute Gasteiger partial charge is 0.125 e. The average molecular weight is 190 g/mol. The highest BCUT2D eigenvalue weighted by Crippen LogP contribution is 2.27. The van der Waals surface area contributed by atoms with Crippen molar-refractivity contribution >= 4 is 0 Å². The van der Waals surface area contributed by atoms with Crippen LogP contribution in [-0.4, -0.2) is 20.3 Å². The maximum atomic E-state index is 9.53. The number of phenols is 1. The summed E-state index contributed by atoms with van der Waals surface area (Å²) in [6, 6.07) is 8.58. The summed E-state index contributed by atoms with van der Waals surface area (Å²) in [4.78, 5) is 0.793. The number of nitrogens with zero attached hydrogens (tertiary/aromatic N) is 2. The van der Waals surface area contributed by atoms with Gasteiger partial charge < -0.3 is 10.3 Å². The van der Waals surface area contributed by atoms with E-state index < -0.39 is 0 Å². The first-order valence-corrected chi connectivity index (χ1v) is 4.23. The summed E-state index contributed by atoms with van der Waals surface area (Å²) >= 11 is 0. The summed E-state index contributed by atoms with van der Waals surface area (Å²) in [5.74, 6) is 0.158. The van der Waals surface area contributed by atoms with E-state index in [4.69, 9.17) is 0 Å². The Balaban J connectivity index is 2.55. The van der Waals surface area contributed by atoms with Crippen molar-refractivity contribution in [2.24, 2.45) is 0 Å². The van der Waals surface area contributed by atoms with E-state index in [0.717, 1.165) is 4.85 Å². The van der Waals surface area contributed by atoms with Crippen molar-refractivity contribution in [3.8, 4) is 17.0 Å². The van der Waals surface area contributed by atoms with Crippen LogP contribution in [0.2, 0.25) is 0 Å². The monoisotopic (exact) mass is 190 g/mol. The second-order valence-corrected chi connectivity index (χ2v) is 3.08. The number of rotatable bonds is 1. The maximum Gasteiger partial charge on any atom is 0.125 e. The maximum absolute atomic E-state index is 9.53. The van der Waals surface area contributed by atoms with Crippen LogP contribution in [0.1, 0.15) is 5.69 Å². The molecule has 0 saturated carbocycles. The first-order valence-electron chi connectivity index (χ1n) is 4.23. The zero-order valence-electron chi connectivity index (χ0n) is 7.68. The third-order valence-electron chi connectivity index (χ3n) is 2.04. The normalized spacial score (nSPS) is 10.4. The molecular weight excluding hydrogens is 180 g/mol. The molecule has 2 aromatic rings. The highest BCUT2D eigenvalue weighted by Gasteiger charge is 2.08. The van der Waals surface area contributed by atoms with Crippen molar-refractivity contribution in [3.63, 3.8) is 0 Å². The highest BCUT2D eigenvalue weighted by molar-refractivity contribution is 5.66. The van der Waals surface area contributed by atoms with Gasteiger partial charge in [0.15, 0.2) is 0 Å². The molecule has 0 saturated heterocycles. The summed E-state index contributed by atoms with van der Waals surface area (Å²) in [7, 11) is 0. The fourth-order valence-electron chi connectivity index (χ4n) is 1.29. The zero-order valence-corrected chi connectivity index (χ0v) is 7.68. The van der Waals surface area contributed by atoms with E-state index >= 15 is 0 Å². The first kappa shape index (κ1) is 8.62. The van der Waals surface area contributed by atoms with E-state index in [1.54, 1.807) is 37.3 Å². The first-order chi connectivity index (χ1) is 6.68. The number of aromatic nitrogens is 2. The Bertz CT molecular complexity index is 443. The second-order valence-electron chi connectivity index (χ2n) is 3.08. The van der Waals surface area contributed by atoms with E-state index in [0.29, 0.717) is 17.0 Å². The van der Waals surface area contributed by atoms with Gasteiger partial charge in [0.25, 0.3) is 0 Å². The lowest BCUT2D eigenvalue weighted by Crippen LogP contribution is -1.94. The minimum Gasteiger partial charge on any atom is -0.507 e. The fraction of sp³-hybridized carbons (Fsp3) is 0.100. The minimum absolute atomic E-state index is 0.158. The minimum atomic E-state index is 0.158. The fourth-order valence-corrected chi connectivity index (χ4v) is 1.29. The molecule has 4 nitrogen and oxygen atoms in total. The van der Waals surface area contributed by atoms with Gasteiger partial charge in [-0.3, -0.25) is 0 Å². The Morgan fingerprint density at radius 1 is 1.29 bits per heavy atom. The van der Waals surface area contributed by atoms with Gasteiger partial charge in [0.05, 0.1) is 11.4 Å². The van der Waals surface area contributed by atoms with Crippen LogP contribution >= 0.6 is 0 Å². The predicted molar refractivity (Wildman–Crippen MR) is 51.2 cm³/mol. The number of phenolic OH excluding ortho intramolecular Hbond substituents is 1. The second kappa shape index (κ2) is 3.06. The Kier molecular flexibility index (Phi) is 1.89. The molecule has 2 rings (SSSR count). The molecule has 0 amide bonds. The number of benzene rings is 1. The third kappa shape index (κ3) is 1.31. The van der Waals surface area contributed by atoms with Crippen LogP contribution < -0.4 is 0 Å². The Morgan fingerprint density at radius 3 is 2.57 bits per heavy atom. The van der Waals surface area contributed by atoms with E-state index in [1.807, 2.05) is 0 Å². The molecule has 0 aliphatic heterocycles. The molecule has 1 aromatic heterocycles. The van der Waals surface area contributed by atoms with Gasteiger partial charge in [-0.2, -0.15) is 0 Å². The number of hydrogen-bond acceptors (Lipinski definition) is 3. The summed E-state index contributed by atoms with van der Waals surface area (Å²) in [6.07, 6.45) is 0. The van der Waals surface area contributed by atoms with Crippen molar-refractivity contribution in [2.45, 2.75) is 6.92 Å². The highest BCUT2D eigenvalue weighted by atomic mass is 16.5. The van der Waals surface area contributed by atoms with Crippen molar-refractivity contribution in [1.29, 1.82) is 0 Å². The molecule has 72 valence electrons. The van der Waals surface area contributed by atoms with Gasteiger partial charge in [0, 0.05) is 5.56 Å². The van der Waals surface area contributed by atoms with Gasteiger partial charge in [-0.15, -0.1) is 9.94 Å². The van der Waals surface area contributed by atoms with Gasteiger partial charge in [0.1, 0.15) is 5.75 Å². The van der Waals surface area contributed by atoms with Gasteiger partial charge in [-0.25, -0.2) is 0 Å². The Labute approximate surface area is 81.0 Å². The standard InChI is InChI=1S/C10H10N2O2/c1-7-6-9(11-12(7)14)8-4-2-3-5-10(8)13/h2-6,13-14H,1H3. The van der Waals surface area contributed by atoms with Crippen LogP contribution in [-0.2, 0) is 0 Å². The lowest BCUT2D eigenvalue weighted by atomic mass is 10.1. The van der Waals surface area contributed by atoms with E-state index in [1.165, 1.54) is 0 Å². The van der Waals surface area contributed by atoms with Crippen LogP contribution in [0.3, 0.4) is 0 Å². The van der Waals surface area contributed by atoms with Gasteiger partial charge in [-0.05, 0) is 25.1 Å². The molecular formula is C10H10N2O2. The number of hydrogen-bond donors (Lipinski definition) is 2. The average Bonchev–Trinajstić information content (AvgIpc) is 2.48. The summed E-state index contributed by atoms with van der Waals surface area (Å²) < 4.78 is 0. The molecule has 0 aliphatic rings. The number of aromatic hydroxyl groups is 1. The van der Waals surface area contributed by atoms with E-state index in [2.05, 4.69) is 5.10 Å². The van der Waals surface area contributed by atoms with Gasteiger partial charge in [-0.1, -0.05) is 12.1 Å². The quantitative estimate of drug-likeness (QED) is 0.674. The van der Waals surface area contributed by atoms with E-state index in [-0.39, 0.29) is 5.75 Å². The van der Waals surface area contributed by atoms with Crippen LogP contribution in [0, 0.1) is 6.92 Å². The lowest BCUT2D eigenvalue weighted by molar-refractivity contribution is 0.143. The van der Waals surface area contributed by atoms with E-state index in [9.17, 15) is 10.3 Å². The van der Waals surface area contributed by atoms with Crippen LogP contribution in [0.25, 0.3) is 11.3 Å². The topological polar surface area (TPSA) is 58.3 Å². The molecule has 0 atom stereocenters. The molecule has 0 unspecified atom stereocenters. The Morgan fingerprint density at radius 2 is 2.00 bits per heavy atom. The van der Waals surface area contributed by atoms with Crippen molar-refractivity contribution in [2.75, 3.05) is 0 Å². The summed E-state index contributed by atoms with van der Waals surface area (Å²) in [5, 5.41) is 22.6. The van der Waals surface area contributed by atoms with Crippen molar-refractivity contribution in [1.82, 2.24) is 9.94 Å². The number of para-hydroxylation sites is 1. The van der Waals surface area contributed by atoms with Crippen LogP contribution in [0.4, 0.5) is 0 Å². The summed E-state index contributed by atoms with van der Waals surface area (Å²) in [6.45, 7) is 1.73. The molecule has 0 bridgehead atoms. The van der Waals surface area contributed by atoms with Gasteiger partial charge in [0.2, 0.25) is 0 Å². The largest absolute Gasteiger partial charge is 0.507 e.